The second-order valence-corrected chi connectivity index (χ2v) is 4.10. The molecule has 5 heteroatoms. The van der Waals surface area contributed by atoms with E-state index >= 15 is 0 Å². The zero-order chi connectivity index (χ0) is 14.5. The van der Waals surface area contributed by atoms with Crippen molar-refractivity contribution >= 4 is 23.6 Å². The first-order valence-corrected chi connectivity index (χ1v) is 5.92. The van der Waals surface area contributed by atoms with Gasteiger partial charge in [0.2, 0.25) is 5.91 Å². The van der Waals surface area contributed by atoms with Gasteiger partial charge in [-0.3, -0.25) is 4.79 Å². The molecule has 2 aromatic rings. The smallest absolute Gasteiger partial charge is 0.248 e. The van der Waals surface area contributed by atoms with Gasteiger partial charge < -0.3 is 19.6 Å². The number of hydrogen-bond acceptors (Lipinski definition) is 4. The molecular weight excluding hydrogens is 258 g/mol. The van der Waals surface area contributed by atoms with Crippen LogP contribution in [0.5, 0.6) is 0 Å². The molecule has 1 heterocycles. The number of carboxylic acids is 1. The summed E-state index contributed by atoms with van der Waals surface area (Å²) in [7, 11) is 0. The molecule has 0 bridgehead atoms. The van der Waals surface area contributed by atoms with E-state index in [1.807, 2.05) is 0 Å². The fourth-order valence-electron chi connectivity index (χ4n) is 1.65. The van der Waals surface area contributed by atoms with E-state index in [1.54, 1.807) is 31.2 Å². The number of carbonyl (C=O) groups excluding carboxylic acids is 2. The topological polar surface area (TPSA) is 82.4 Å². The maximum Gasteiger partial charge on any atom is 0.248 e. The van der Waals surface area contributed by atoms with Gasteiger partial charge in [-0.25, -0.2) is 0 Å². The highest BCUT2D eigenvalue weighted by Gasteiger charge is 2.05. The van der Waals surface area contributed by atoms with Crippen LogP contribution >= 0.6 is 0 Å². The monoisotopic (exact) mass is 270 g/mol. The molecule has 2 rings (SSSR count). The Labute approximate surface area is 115 Å². The molecule has 0 aliphatic carbocycles. The fourth-order valence-corrected chi connectivity index (χ4v) is 1.65. The number of rotatable bonds is 4. The first-order chi connectivity index (χ1) is 9.56. The van der Waals surface area contributed by atoms with E-state index in [0.717, 1.165) is 5.76 Å². The van der Waals surface area contributed by atoms with Gasteiger partial charge >= 0.3 is 0 Å². The van der Waals surface area contributed by atoms with Gasteiger partial charge in [-0.1, -0.05) is 18.2 Å². The largest absolute Gasteiger partial charge is 0.545 e. The van der Waals surface area contributed by atoms with Gasteiger partial charge in [-0.2, -0.15) is 0 Å². The van der Waals surface area contributed by atoms with Crippen LogP contribution in [0.3, 0.4) is 0 Å². The number of aryl methyl sites for hydroxylation is 1. The van der Waals surface area contributed by atoms with E-state index in [-0.39, 0.29) is 11.3 Å². The lowest BCUT2D eigenvalue weighted by atomic mass is 10.2. The average molecular weight is 270 g/mol. The molecule has 0 saturated heterocycles. The lowest BCUT2D eigenvalue weighted by molar-refractivity contribution is -0.254. The van der Waals surface area contributed by atoms with Crippen molar-refractivity contribution in [1.82, 2.24) is 0 Å². The van der Waals surface area contributed by atoms with Gasteiger partial charge in [0, 0.05) is 11.6 Å². The maximum absolute atomic E-state index is 11.7. The quantitative estimate of drug-likeness (QED) is 0.855. The van der Waals surface area contributed by atoms with Crippen LogP contribution in [0.25, 0.3) is 6.08 Å². The zero-order valence-electron chi connectivity index (χ0n) is 10.8. The Hall–Kier alpha value is -2.82. The van der Waals surface area contributed by atoms with E-state index in [9.17, 15) is 14.7 Å². The van der Waals surface area contributed by atoms with Crippen LogP contribution in [0.4, 0.5) is 5.69 Å². The standard InChI is InChI=1S/C15H13NO4/c1-10-6-7-11(20-10)8-9-14(17)16-13-5-3-2-4-12(13)15(18)19/h2-9H,1H3,(H,16,17)(H,18,19)/p-1/b9-8+. The molecule has 0 fully saturated rings. The summed E-state index contributed by atoms with van der Waals surface area (Å²) in [5, 5.41) is 13.4. The van der Waals surface area contributed by atoms with Gasteiger partial charge in [-0.05, 0) is 31.2 Å². The van der Waals surface area contributed by atoms with Crippen LogP contribution in [-0.4, -0.2) is 11.9 Å². The van der Waals surface area contributed by atoms with Crippen molar-refractivity contribution in [3.05, 3.63) is 59.6 Å². The van der Waals surface area contributed by atoms with Crippen molar-refractivity contribution in [2.75, 3.05) is 5.32 Å². The van der Waals surface area contributed by atoms with E-state index in [4.69, 9.17) is 4.42 Å². The van der Waals surface area contributed by atoms with Gasteiger partial charge in [0.25, 0.3) is 0 Å². The zero-order valence-corrected chi connectivity index (χ0v) is 10.8. The molecule has 0 unspecified atom stereocenters. The fraction of sp³-hybridized carbons (Fsp3) is 0.0667. The number of carbonyl (C=O) groups is 2. The molecule has 0 aliphatic rings. The van der Waals surface area contributed by atoms with Crippen LogP contribution < -0.4 is 10.4 Å². The number of benzene rings is 1. The Kier molecular flexibility index (Phi) is 4.00. The minimum Gasteiger partial charge on any atom is -0.545 e. The van der Waals surface area contributed by atoms with E-state index in [2.05, 4.69) is 5.32 Å². The highest BCUT2D eigenvalue weighted by atomic mass is 16.4. The van der Waals surface area contributed by atoms with Crippen molar-refractivity contribution in [2.45, 2.75) is 6.92 Å². The van der Waals surface area contributed by atoms with Gasteiger partial charge in [-0.15, -0.1) is 0 Å². The molecule has 102 valence electrons. The summed E-state index contributed by atoms with van der Waals surface area (Å²) in [6, 6.07) is 9.56. The predicted octanol–water partition coefficient (Wildman–Crippen LogP) is 1.60. The van der Waals surface area contributed by atoms with Crippen LogP contribution in [0.15, 0.2) is 46.9 Å². The minimum absolute atomic E-state index is 0.0666. The van der Waals surface area contributed by atoms with Crippen LogP contribution in [0.1, 0.15) is 21.9 Å². The number of para-hydroxylation sites is 1. The van der Waals surface area contributed by atoms with Crippen molar-refractivity contribution in [3.63, 3.8) is 0 Å². The van der Waals surface area contributed by atoms with Crippen LogP contribution in [0.2, 0.25) is 0 Å². The van der Waals surface area contributed by atoms with Crippen LogP contribution in [0, 0.1) is 6.92 Å². The molecule has 0 spiro atoms. The van der Waals surface area contributed by atoms with E-state index in [1.165, 1.54) is 24.3 Å². The van der Waals surface area contributed by atoms with Crippen molar-refractivity contribution in [1.29, 1.82) is 0 Å². The van der Waals surface area contributed by atoms with Gasteiger partial charge in [0.1, 0.15) is 11.5 Å². The molecule has 20 heavy (non-hydrogen) atoms. The van der Waals surface area contributed by atoms with Gasteiger partial charge in [0.15, 0.2) is 0 Å². The first kappa shape index (κ1) is 13.6. The van der Waals surface area contributed by atoms with Crippen molar-refractivity contribution < 1.29 is 19.1 Å². The summed E-state index contributed by atoms with van der Waals surface area (Å²) >= 11 is 0. The van der Waals surface area contributed by atoms with E-state index < -0.39 is 11.9 Å². The Morgan fingerprint density at radius 2 is 1.95 bits per heavy atom. The summed E-state index contributed by atoms with van der Waals surface area (Å²) in [4.78, 5) is 22.6. The number of amides is 1. The lowest BCUT2D eigenvalue weighted by Crippen LogP contribution is -2.24. The third-order valence-corrected chi connectivity index (χ3v) is 2.56. The SMILES string of the molecule is Cc1ccc(/C=C/C(=O)Nc2ccccc2C(=O)[O-])o1. The Bertz CT molecular complexity index is 670. The Balaban J connectivity index is 2.09. The molecular formula is C15H12NO4-. The molecule has 0 saturated carbocycles. The number of furan rings is 1. The number of anilines is 1. The number of carboxylic acid groups (broad SMARTS) is 1. The summed E-state index contributed by atoms with van der Waals surface area (Å²) in [5.74, 6) is -0.502. The highest BCUT2D eigenvalue weighted by Crippen LogP contribution is 2.14. The second kappa shape index (κ2) is 5.88. The molecule has 0 radical (unpaired) electrons. The Morgan fingerprint density at radius 1 is 1.20 bits per heavy atom. The van der Waals surface area contributed by atoms with Crippen molar-refractivity contribution in [2.24, 2.45) is 0 Å². The molecule has 5 nitrogen and oxygen atoms in total. The number of nitrogens with one attached hydrogen (secondary N) is 1. The highest BCUT2D eigenvalue weighted by molar-refractivity contribution is 6.05. The molecule has 1 aromatic carbocycles. The Morgan fingerprint density at radius 3 is 2.60 bits per heavy atom. The molecule has 1 aromatic heterocycles. The van der Waals surface area contributed by atoms with Crippen molar-refractivity contribution in [3.8, 4) is 0 Å². The summed E-state index contributed by atoms with van der Waals surface area (Å²) < 4.78 is 5.28. The van der Waals surface area contributed by atoms with Crippen LogP contribution in [-0.2, 0) is 4.79 Å². The third kappa shape index (κ3) is 3.35. The van der Waals surface area contributed by atoms with Gasteiger partial charge in [0.05, 0.1) is 11.7 Å². The summed E-state index contributed by atoms with van der Waals surface area (Å²) in [6.07, 6.45) is 2.77. The number of aromatic carboxylic acids is 1. The first-order valence-electron chi connectivity index (χ1n) is 5.92. The minimum atomic E-state index is -1.34. The predicted molar refractivity (Wildman–Crippen MR) is 71.9 cm³/mol. The molecule has 0 atom stereocenters. The second-order valence-electron chi connectivity index (χ2n) is 4.10. The summed E-state index contributed by atoms with van der Waals surface area (Å²) in [6.45, 7) is 1.80. The maximum atomic E-state index is 11.7. The van der Waals surface area contributed by atoms with E-state index in [0.29, 0.717) is 5.76 Å². The molecule has 1 amide bonds. The number of hydrogen-bond donors (Lipinski definition) is 1. The third-order valence-electron chi connectivity index (χ3n) is 2.56. The molecule has 0 aliphatic heterocycles. The molecule has 1 N–H and O–H groups in total. The summed E-state index contributed by atoms with van der Waals surface area (Å²) in [5.41, 5.74) is 0.126. The normalized spacial score (nSPS) is 10.7. The lowest BCUT2D eigenvalue weighted by Gasteiger charge is -2.09. The average Bonchev–Trinajstić information content (AvgIpc) is 2.83.